The van der Waals surface area contributed by atoms with Crippen LogP contribution in [0.15, 0.2) is 28.7 Å². The van der Waals surface area contributed by atoms with Crippen molar-refractivity contribution in [1.29, 1.82) is 0 Å². The van der Waals surface area contributed by atoms with Crippen LogP contribution in [0.1, 0.15) is 24.3 Å². The lowest BCUT2D eigenvalue weighted by Gasteiger charge is -2.09. The van der Waals surface area contributed by atoms with E-state index >= 15 is 0 Å². The number of aromatic nitrogens is 2. The van der Waals surface area contributed by atoms with E-state index in [1.165, 1.54) is 0 Å². The second kappa shape index (κ2) is 6.72. The molecule has 0 radical (unpaired) electrons. The fourth-order valence-electron chi connectivity index (χ4n) is 2.60. The molecular weight excluding hydrogens is 330 g/mol. The number of nitrogens with one attached hydrogen (secondary N) is 1. The number of sulfone groups is 1. The third-order valence-electron chi connectivity index (χ3n) is 3.93. The van der Waals surface area contributed by atoms with Gasteiger partial charge in [0.15, 0.2) is 9.84 Å². The Labute approximate surface area is 140 Å². The molecule has 1 unspecified atom stereocenters. The van der Waals surface area contributed by atoms with E-state index in [1.54, 1.807) is 0 Å². The Morgan fingerprint density at radius 3 is 2.71 bits per heavy atom. The third kappa shape index (κ3) is 4.19. The van der Waals surface area contributed by atoms with E-state index in [1.807, 2.05) is 31.2 Å². The average molecular weight is 349 g/mol. The number of nitrogens with zero attached hydrogens (tertiary/aromatic N) is 2. The molecule has 1 aromatic heterocycles. The topological polar surface area (TPSA) is 102 Å². The zero-order valence-electron chi connectivity index (χ0n) is 13.4. The summed E-state index contributed by atoms with van der Waals surface area (Å²) >= 11 is 0. The van der Waals surface area contributed by atoms with Gasteiger partial charge in [0.1, 0.15) is 0 Å². The molecule has 1 fully saturated rings. The van der Waals surface area contributed by atoms with Gasteiger partial charge in [0.2, 0.25) is 17.7 Å². The molecule has 1 aliphatic heterocycles. The number of carbonyl (C=O) groups excluding carboxylic acids is 1. The molecule has 128 valence electrons. The molecule has 3 rings (SSSR count). The molecule has 8 heteroatoms. The largest absolute Gasteiger partial charge is 0.421 e. The van der Waals surface area contributed by atoms with Crippen molar-refractivity contribution in [3.63, 3.8) is 0 Å². The Bertz CT molecular complexity index is 827. The maximum absolute atomic E-state index is 11.9. The minimum atomic E-state index is -2.99. The van der Waals surface area contributed by atoms with Crippen LogP contribution in [0.4, 0.5) is 0 Å². The predicted octanol–water partition coefficient (Wildman–Crippen LogP) is 1.28. The number of hydrogen-bond acceptors (Lipinski definition) is 6. The Balaban J connectivity index is 1.52. The van der Waals surface area contributed by atoms with Gasteiger partial charge >= 0.3 is 0 Å². The fraction of sp³-hybridized carbons (Fsp3) is 0.438. The number of rotatable bonds is 5. The third-order valence-corrected chi connectivity index (χ3v) is 5.70. The normalized spacial score (nSPS) is 19.3. The molecular formula is C16H19N3O4S. The van der Waals surface area contributed by atoms with Crippen molar-refractivity contribution in [2.45, 2.75) is 32.2 Å². The summed E-state index contributed by atoms with van der Waals surface area (Å²) < 4.78 is 28.3. The monoisotopic (exact) mass is 349 g/mol. The molecule has 0 bridgehead atoms. The van der Waals surface area contributed by atoms with Crippen molar-refractivity contribution in [3.05, 3.63) is 35.7 Å². The van der Waals surface area contributed by atoms with E-state index in [0.717, 1.165) is 11.1 Å². The van der Waals surface area contributed by atoms with Gasteiger partial charge in [-0.25, -0.2) is 8.42 Å². The summed E-state index contributed by atoms with van der Waals surface area (Å²) in [6.45, 7) is 2.00. The first-order valence-electron chi connectivity index (χ1n) is 7.80. The molecule has 1 aliphatic rings. The molecule has 0 spiro atoms. The van der Waals surface area contributed by atoms with Crippen LogP contribution in [-0.4, -0.2) is 42.1 Å². The van der Waals surface area contributed by atoms with Crippen LogP contribution in [0.25, 0.3) is 11.5 Å². The minimum absolute atomic E-state index is 0.0247. The van der Waals surface area contributed by atoms with Crippen LogP contribution in [-0.2, 0) is 21.1 Å². The number of hydrogen-bond donors (Lipinski definition) is 1. The second-order valence-electron chi connectivity index (χ2n) is 6.03. The summed E-state index contributed by atoms with van der Waals surface area (Å²) in [4.78, 5) is 11.9. The highest BCUT2D eigenvalue weighted by molar-refractivity contribution is 7.91. The van der Waals surface area contributed by atoms with Crippen LogP contribution < -0.4 is 5.32 Å². The maximum Gasteiger partial charge on any atom is 0.247 e. The summed E-state index contributed by atoms with van der Waals surface area (Å²) in [5.74, 6) is 0.775. The summed E-state index contributed by atoms with van der Waals surface area (Å²) in [5, 5.41) is 10.7. The highest BCUT2D eigenvalue weighted by Gasteiger charge is 2.28. The Morgan fingerprint density at radius 1 is 1.29 bits per heavy atom. The van der Waals surface area contributed by atoms with E-state index in [2.05, 4.69) is 15.5 Å². The quantitative estimate of drug-likeness (QED) is 0.872. The lowest BCUT2D eigenvalue weighted by atomic mass is 10.1. The SMILES string of the molecule is Cc1ccc(-c2nnc(CCC(=O)NC3CCS(=O)(=O)C3)o2)cc1. The van der Waals surface area contributed by atoms with Gasteiger partial charge in [-0.2, -0.15) is 0 Å². The Morgan fingerprint density at radius 2 is 2.04 bits per heavy atom. The van der Waals surface area contributed by atoms with Crippen LogP contribution in [0.5, 0.6) is 0 Å². The van der Waals surface area contributed by atoms with Gasteiger partial charge in [-0.05, 0) is 25.5 Å². The van der Waals surface area contributed by atoms with Crippen LogP contribution in [0.2, 0.25) is 0 Å². The van der Waals surface area contributed by atoms with E-state index < -0.39 is 9.84 Å². The molecule has 1 aromatic carbocycles. The summed E-state index contributed by atoms with van der Waals surface area (Å²) in [5.41, 5.74) is 1.98. The number of carbonyl (C=O) groups is 1. The summed E-state index contributed by atoms with van der Waals surface area (Å²) in [6, 6.07) is 7.44. The summed E-state index contributed by atoms with van der Waals surface area (Å²) in [6.07, 6.45) is 0.989. The second-order valence-corrected chi connectivity index (χ2v) is 8.26. The molecule has 7 nitrogen and oxygen atoms in total. The maximum atomic E-state index is 11.9. The zero-order valence-corrected chi connectivity index (χ0v) is 14.2. The number of benzene rings is 1. The van der Waals surface area contributed by atoms with E-state index in [9.17, 15) is 13.2 Å². The van der Waals surface area contributed by atoms with Crippen molar-refractivity contribution in [2.24, 2.45) is 0 Å². The van der Waals surface area contributed by atoms with Crippen molar-refractivity contribution in [2.75, 3.05) is 11.5 Å². The molecule has 1 atom stereocenters. The first kappa shape index (κ1) is 16.6. The zero-order chi connectivity index (χ0) is 17.2. The molecule has 2 aromatic rings. The van der Waals surface area contributed by atoms with Crippen molar-refractivity contribution < 1.29 is 17.6 Å². The highest BCUT2D eigenvalue weighted by atomic mass is 32.2. The molecule has 24 heavy (non-hydrogen) atoms. The summed E-state index contributed by atoms with van der Waals surface area (Å²) in [7, 11) is -2.99. The van der Waals surface area contributed by atoms with Gasteiger partial charge in [-0.15, -0.1) is 10.2 Å². The van der Waals surface area contributed by atoms with Gasteiger partial charge in [-0.3, -0.25) is 4.79 Å². The molecule has 1 N–H and O–H groups in total. The lowest BCUT2D eigenvalue weighted by Crippen LogP contribution is -2.35. The van der Waals surface area contributed by atoms with E-state index in [0.29, 0.717) is 24.6 Å². The number of amides is 1. The Hall–Kier alpha value is -2.22. The van der Waals surface area contributed by atoms with Crippen molar-refractivity contribution in [3.8, 4) is 11.5 Å². The Kier molecular flexibility index (Phi) is 4.66. The fourth-order valence-corrected chi connectivity index (χ4v) is 4.27. The van der Waals surface area contributed by atoms with Gasteiger partial charge in [-0.1, -0.05) is 17.7 Å². The van der Waals surface area contributed by atoms with Crippen molar-refractivity contribution in [1.82, 2.24) is 15.5 Å². The van der Waals surface area contributed by atoms with Crippen LogP contribution in [0.3, 0.4) is 0 Å². The first-order valence-corrected chi connectivity index (χ1v) is 9.63. The standard InChI is InChI=1S/C16H19N3O4S/c1-11-2-4-12(5-3-11)16-19-18-15(23-16)7-6-14(20)17-13-8-9-24(21,22)10-13/h2-5,13H,6-10H2,1H3,(H,17,20). The first-order chi connectivity index (χ1) is 11.4. The molecule has 1 amide bonds. The van der Waals surface area contributed by atoms with Gasteiger partial charge in [0.25, 0.3) is 0 Å². The average Bonchev–Trinajstić information content (AvgIpc) is 3.12. The molecule has 1 saturated heterocycles. The van der Waals surface area contributed by atoms with Crippen LogP contribution in [0, 0.1) is 6.92 Å². The smallest absolute Gasteiger partial charge is 0.247 e. The number of aryl methyl sites for hydroxylation is 2. The van der Waals surface area contributed by atoms with Crippen molar-refractivity contribution >= 4 is 15.7 Å². The molecule has 0 aliphatic carbocycles. The molecule has 0 saturated carbocycles. The predicted molar refractivity (Wildman–Crippen MR) is 88.0 cm³/mol. The minimum Gasteiger partial charge on any atom is -0.421 e. The van der Waals surface area contributed by atoms with Crippen LogP contribution >= 0.6 is 0 Å². The van der Waals surface area contributed by atoms with Gasteiger partial charge in [0.05, 0.1) is 11.5 Å². The van der Waals surface area contributed by atoms with Gasteiger partial charge < -0.3 is 9.73 Å². The molecule has 2 heterocycles. The highest BCUT2D eigenvalue weighted by Crippen LogP contribution is 2.18. The lowest BCUT2D eigenvalue weighted by molar-refractivity contribution is -0.121. The van der Waals surface area contributed by atoms with E-state index in [-0.39, 0.29) is 29.9 Å². The van der Waals surface area contributed by atoms with Gasteiger partial charge in [0, 0.05) is 24.4 Å². The van der Waals surface area contributed by atoms with E-state index in [4.69, 9.17) is 4.42 Å².